The van der Waals surface area contributed by atoms with E-state index in [-0.39, 0.29) is 6.04 Å². The Morgan fingerprint density at radius 1 is 1.25 bits per heavy atom. The first-order valence-corrected chi connectivity index (χ1v) is 8.32. The van der Waals surface area contributed by atoms with Gasteiger partial charge in [0.1, 0.15) is 5.75 Å². The van der Waals surface area contributed by atoms with Crippen LogP contribution in [0.15, 0.2) is 53.6 Å². The maximum atomic E-state index is 5.45. The first-order valence-electron chi connectivity index (χ1n) is 7.92. The number of rotatable bonds is 3. The van der Waals surface area contributed by atoms with Crippen LogP contribution in [0.2, 0.25) is 0 Å². The van der Waals surface area contributed by atoms with Crippen molar-refractivity contribution in [3.05, 3.63) is 65.2 Å². The van der Waals surface area contributed by atoms with Crippen molar-refractivity contribution in [3.8, 4) is 5.75 Å². The molecule has 24 heavy (non-hydrogen) atoms. The fourth-order valence-electron chi connectivity index (χ4n) is 2.84. The van der Waals surface area contributed by atoms with Gasteiger partial charge in [-0.2, -0.15) is 5.10 Å². The molecule has 0 spiro atoms. The van der Waals surface area contributed by atoms with E-state index in [1.54, 1.807) is 7.11 Å². The largest absolute Gasteiger partial charge is 0.497 e. The van der Waals surface area contributed by atoms with E-state index in [0.29, 0.717) is 5.11 Å². The van der Waals surface area contributed by atoms with Gasteiger partial charge in [-0.25, -0.2) is 5.01 Å². The molecule has 1 N–H and O–H groups in total. The van der Waals surface area contributed by atoms with Gasteiger partial charge in [-0.15, -0.1) is 0 Å². The third kappa shape index (κ3) is 3.26. The lowest BCUT2D eigenvalue weighted by atomic mass is 9.98. The van der Waals surface area contributed by atoms with Crippen LogP contribution in [-0.2, 0) is 0 Å². The Morgan fingerprint density at radius 3 is 2.67 bits per heavy atom. The zero-order chi connectivity index (χ0) is 17.1. The third-order valence-electron chi connectivity index (χ3n) is 4.20. The van der Waals surface area contributed by atoms with Gasteiger partial charge in [0.05, 0.1) is 18.9 Å². The summed E-state index contributed by atoms with van der Waals surface area (Å²) in [4.78, 5) is 0. The minimum absolute atomic E-state index is 0.0661. The summed E-state index contributed by atoms with van der Waals surface area (Å²) in [5.74, 6) is 0.839. The average Bonchev–Trinajstić information content (AvgIpc) is 3.07. The Morgan fingerprint density at radius 2 is 2.00 bits per heavy atom. The predicted octanol–water partition coefficient (Wildman–Crippen LogP) is 3.66. The van der Waals surface area contributed by atoms with Crippen molar-refractivity contribution in [2.75, 3.05) is 14.2 Å². The molecule has 0 amide bonds. The number of hydrazone groups is 1. The molecular formula is C19H21N3OS. The molecule has 1 heterocycles. The molecule has 3 rings (SSSR count). The average molecular weight is 339 g/mol. The summed E-state index contributed by atoms with van der Waals surface area (Å²) in [6, 6.07) is 16.6. The zero-order valence-corrected chi connectivity index (χ0v) is 14.9. The minimum Gasteiger partial charge on any atom is -0.497 e. The van der Waals surface area contributed by atoms with Crippen LogP contribution in [0, 0.1) is 6.92 Å². The number of hydrogen-bond donors (Lipinski definition) is 1. The Balaban J connectivity index is 1.95. The van der Waals surface area contributed by atoms with Crippen LogP contribution in [0.1, 0.15) is 29.2 Å². The Hall–Kier alpha value is -2.40. The standard InChI is InChI=1S/C19H21N3OS/c1-13-7-9-14(10-8-13)17-12-18(22(21-17)19(24)20-2)15-5-4-6-16(11-15)23-3/h4-11,18H,12H2,1-3H3,(H,20,24). The van der Waals surface area contributed by atoms with Crippen molar-refractivity contribution in [1.29, 1.82) is 0 Å². The number of thiocarbonyl (C=S) groups is 1. The molecule has 0 saturated carbocycles. The summed E-state index contributed by atoms with van der Waals surface area (Å²) in [6.45, 7) is 2.09. The summed E-state index contributed by atoms with van der Waals surface area (Å²) >= 11 is 5.45. The molecule has 0 radical (unpaired) electrons. The fourth-order valence-corrected chi connectivity index (χ4v) is 3.01. The van der Waals surface area contributed by atoms with Gasteiger partial charge in [-0.1, -0.05) is 42.0 Å². The van der Waals surface area contributed by atoms with E-state index >= 15 is 0 Å². The van der Waals surface area contributed by atoms with Crippen molar-refractivity contribution in [3.63, 3.8) is 0 Å². The second kappa shape index (κ2) is 7.01. The number of nitrogens with zero attached hydrogens (tertiary/aromatic N) is 2. The van der Waals surface area contributed by atoms with Crippen LogP contribution >= 0.6 is 12.2 Å². The van der Waals surface area contributed by atoms with Gasteiger partial charge in [0.15, 0.2) is 5.11 Å². The van der Waals surface area contributed by atoms with E-state index in [9.17, 15) is 0 Å². The number of ether oxygens (including phenoxy) is 1. The molecule has 0 aromatic heterocycles. The lowest BCUT2D eigenvalue weighted by Gasteiger charge is -2.24. The highest BCUT2D eigenvalue weighted by atomic mass is 32.1. The summed E-state index contributed by atoms with van der Waals surface area (Å²) in [5.41, 5.74) is 4.55. The molecule has 1 aliphatic heterocycles. The minimum atomic E-state index is 0.0661. The Kier molecular flexibility index (Phi) is 4.81. The highest BCUT2D eigenvalue weighted by Crippen LogP contribution is 2.34. The van der Waals surface area contributed by atoms with E-state index in [1.165, 1.54) is 5.56 Å². The van der Waals surface area contributed by atoms with Crippen LogP contribution in [-0.4, -0.2) is 30.0 Å². The second-order valence-electron chi connectivity index (χ2n) is 5.81. The summed E-state index contributed by atoms with van der Waals surface area (Å²) in [7, 11) is 3.50. The molecule has 0 bridgehead atoms. The molecule has 5 heteroatoms. The quantitative estimate of drug-likeness (QED) is 0.866. The highest BCUT2D eigenvalue weighted by molar-refractivity contribution is 7.80. The van der Waals surface area contributed by atoms with Crippen LogP contribution in [0.3, 0.4) is 0 Å². The molecular weight excluding hydrogens is 318 g/mol. The molecule has 0 saturated heterocycles. The maximum absolute atomic E-state index is 5.45. The molecule has 2 aromatic carbocycles. The van der Waals surface area contributed by atoms with Crippen LogP contribution in [0.4, 0.5) is 0 Å². The van der Waals surface area contributed by atoms with Crippen LogP contribution < -0.4 is 10.1 Å². The van der Waals surface area contributed by atoms with Crippen LogP contribution in [0.25, 0.3) is 0 Å². The van der Waals surface area contributed by atoms with E-state index in [2.05, 4.69) is 42.6 Å². The SMILES string of the molecule is CNC(=S)N1N=C(c2ccc(C)cc2)CC1c1cccc(OC)c1. The first-order chi connectivity index (χ1) is 11.6. The monoisotopic (exact) mass is 339 g/mol. The maximum Gasteiger partial charge on any atom is 0.189 e. The first kappa shape index (κ1) is 16.5. The molecule has 4 nitrogen and oxygen atoms in total. The lowest BCUT2D eigenvalue weighted by Crippen LogP contribution is -2.34. The second-order valence-corrected chi connectivity index (χ2v) is 6.20. The zero-order valence-electron chi connectivity index (χ0n) is 14.1. The van der Waals surface area contributed by atoms with Crippen molar-refractivity contribution in [2.24, 2.45) is 5.10 Å². The molecule has 1 atom stereocenters. The fraction of sp³-hybridized carbons (Fsp3) is 0.263. The van der Waals surface area contributed by atoms with E-state index in [1.807, 2.05) is 30.3 Å². The molecule has 0 aliphatic carbocycles. The Bertz CT molecular complexity index is 770. The highest BCUT2D eigenvalue weighted by Gasteiger charge is 2.31. The molecule has 124 valence electrons. The van der Waals surface area contributed by atoms with Crippen molar-refractivity contribution >= 4 is 23.0 Å². The van der Waals surface area contributed by atoms with Crippen molar-refractivity contribution in [2.45, 2.75) is 19.4 Å². The summed E-state index contributed by atoms with van der Waals surface area (Å²) in [5, 5.41) is 10.3. The summed E-state index contributed by atoms with van der Waals surface area (Å²) < 4.78 is 5.36. The molecule has 1 aliphatic rings. The third-order valence-corrected chi connectivity index (χ3v) is 4.59. The van der Waals surface area contributed by atoms with Crippen molar-refractivity contribution in [1.82, 2.24) is 10.3 Å². The lowest BCUT2D eigenvalue weighted by molar-refractivity contribution is 0.363. The van der Waals surface area contributed by atoms with Gasteiger partial charge in [-0.3, -0.25) is 0 Å². The van der Waals surface area contributed by atoms with Crippen molar-refractivity contribution < 1.29 is 4.74 Å². The van der Waals surface area contributed by atoms with E-state index < -0.39 is 0 Å². The molecule has 1 unspecified atom stereocenters. The van der Waals surface area contributed by atoms with Gasteiger partial charge in [0, 0.05) is 13.5 Å². The smallest absolute Gasteiger partial charge is 0.189 e. The number of aryl methyl sites for hydroxylation is 1. The molecule has 0 fully saturated rings. The predicted molar refractivity (Wildman–Crippen MR) is 102 cm³/mol. The Labute approximate surface area is 148 Å². The van der Waals surface area contributed by atoms with E-state index in [0.717, 1.165) is 29.0 Å². The van der Waals surface area contributed by atoms with Gasteiger partial charge >= 0.3 is 0 Å². The van der Waals surface area contributed by atoms with Gasteiger partial charge in [0.25, 0.3) is 0 Å². The number of benzene rings is 2. The number of nitrogens with one attached hydrogen (secondary N) is 1. The van der Waals surface area contributed by atoms with E-state index in [4.69, 9.17) is 22.1 Å². The van der Waals surface area contributed by atoms with Crippen LogP contribution in [0.5, 0.6) is 5.75 Å². The van der Waals surface area contributed by atoms with Gasteiger partial charge in [0.2, 0.25) is 0 Å². The topological polar surface area (TPSA) is 36.9 Å². The normalized spacial score (nSPS) is 16.7. The molecule has 2 aromatic rings. The van der Waals surface area contributed by atoms with Gasteiger partial charge in [-0.05, 0) is 42.4 Å². The summed E-state index contributed by atoms with van der Waals surface area (Å²) in [6.07, 6.45) is 0.804. The number of methoxy groups -OCH3 is 1. The van der Waals surface area contributed by atoms with Gasteiger partial charge < -0.3 is 10.1 Å². The number of hydrogen-bond acceptors (Lipinski definition) is 3.